The first kappa shape index (κ1) is 14.6. The molecule has 0 aliphatic rings. The molecule has 0 fully saturated rings. The number of fused-ring (bicyclic) bond motifs is 1. The molecule has 108 valence electrons. The summed E-state index contributed by atoms with van der Waals surface area (Å²) in [6.45, 7) is 1.62. The number of methoxy groups -OCH3 is 1. The quantitative estimate of drug-likeness (QED) is 0.855. The number of hydrogen-bond acceptors (Lipinski definition) is 4. The van der Waals surface area contributed by atoms with Gasteiger partial charge in [0.15, 0.2) is 0 Å². The lowest BCUT2D eigenvalue weighted by atomic mass is 10.2. The molecule has 21 heavy (non-hydrogen) atoms. The first-order valence-corrected chi connectivity index (χ1v) is 6.39. The van der Waals surface area contributed by atoms with Gasteiger partial charge in [0.1, 0.15) is 6.04 Å². The Hall–Kier alpha value is -2.81. The average Bonchev–Trinajstić information content (AvgIpc) is 2.87. The lowest BCUT2D eigenvalue weighted by Crippen LogP contribution is -2.43. The van der Waals surface area contributed by atoms with Gasteiger partial charge >= 0.3 is 5.97 Å². The molecule has 1 heterocycles. The summed E-state index contributed by atoms with van der Waals surface area (Å²) < 4.78 is 6.54. The summed E-state index contributed by atoms with van der Waals surface area (Å²) in [4.78, 5) is 22.9. The van der Waals surface area contributed by atoms with E-state index in [0.717, 1.165) is 10.9 Å². The molecule has 1 aromatic heterocycles. The molecule has 6 heteroatoms. The molecule has 0 bridgehead atoms. The van der Waals surface area contributed by atoms with Crippen LogP contribution in [-0.4, -0.2) is 29.6 Å². The number of nitrogens with zero attached hydrogens (tertiary/aromatic N) is 2. The molecule has 2 rings (SSSR count). The van der Waals surface area contributed by atoms with Gasteiger partial charge in [0, 0.05) is 24.0 Å². The molecule has 1 unspecified atom stereocenters. The number of carbonyl (C=O) groups excluding carboxylic acids is 2. The summed E-state index contributed by atoms with van der Waals surface area (Å²) in [7, 11) is 1.28. The number of rotatable bonds is 4. The van der Waals surface area contributed by atoms with Crippen molar-refractivity contribution >= 4 is 22.8 Å². The number of aromatic nitrogens is 1. The number of nitrogens with one attached hydrogen (secondary N) is 1. The topological polar surface area (TPSA) is 84.1 Å². The molecular weight excluding hydrogens is 270 g/mol. The minimum absolute atomic E-state index is 0.266. The molecule has 1 atom stereocenters. The Balaban J connectivity index is 2.30. The number of carbonyl (C=O) groups is 2. The van der Waals surface area contributed by atoms with E-state index in [4.69, 9.17) is 10.00 Å². The summed E-state index contributed by atoms with van der Waals surface area (Å²) in [6.07, 6.45) is 1.81. The Kier molecular flexibility index (Phi) is 4.24. The van der Waals surface area contributed by atoms with Gasteiger partial charge in [0.05, 0.1) is 25.3 Å². The van der Waals surface area contributed by atoms with Crippen LogP contribution in [0.2, 0.25) is 0 Å². The van der Waals surface area contributed by atoms with Gasteiger partial charge in [-0.3, -0.25) is 4.79 Å². The maximum atomic E-state index is 11.7. The maximum Gasteiger partial charge on any atom is 0.330 e. The van der Waals surface area contributed by atoms with Gasteiger partial charge in [-0.2, -0.15) is 5.26 Å². The minimum atomic E-state index is -0.751. The third-order valence-corrected chi connectivity index (χ3v) is 3.14. The molecule has 0 saturated heterocycles. The van der Waals surface area contributed by atoms with Crippen molar-refractivity contribution in [2.24, 2.45) is 0 Å². The fraction of sp³-hybridized carbons (Fsp3) is 0.267. The van der Waals surface area contributed by atoms with Gasteiger partial charge in [-0.25, -0.2) is 4.79 Å². The molecule has 0 aliphatic heterocycles. The molecule has 2 aromatic rings. The van der Waals surface area contributed by atoms with Crippen LogP contribution >= 0.6 is 0 Å². The number of ether oxygens (including phenoxy) is 1. The van der Waals surface area contributed by atoms with E-state index in [2.05, 4.69) is 11.4 Å². The fourth-order valence-corrected chi connectivity index (χ4v) is 2.19. The Bertz CT molecular complexity index is 727. The molecule has 1 amide bonds. The van der Waals surface area contributed by atoms with Crippen molar-refractivity contribution < 1.29 is 14.3 Å². The standard InChI is InChI=1S/C15H15N3O3/c1-10(19)17-13(15(20)21-2)9-18-6-5-12-7-11(8-16)3-4-14(12)18/h3-7,13H,9H2,1-2H3,(H,17,19). The molecule has 6 nitrogen and oxygen atoms in total. The predicted octanol–water partition coefficient (Wildman–Crippen LogP) is 1.19. The SMILES string of the molecule is COC(=O)C(Cn1ccc2cc(C#N)ccc21)NC(C)=O. The lowest BCUT2D eigenvalue weighted by Gasteiger charge is -2.16. The Morgan fingerprint density at radius 3 is 2.81 bits per heavy atom. The predicted molar refractivity (Wildman–Crippen MR) is 76.3 cm³/mol. The van der Waals surface area contributed by atoms with Crippen LogP contribution < -0.4 is 5.32 Å². The molecule has 0 aliphatic carbocycles. The van der Waals surface area contributed by atoms with Crippen molar-refractivity contribution in [2.75, 3.05) is 7.11 Å². The zero-order chi connectivity index (χ0) is 15.4. The Labute approximate surface area is 121 Å². The van der Waals surface area contributed by atoms with E-state index in [-0.39, 0.29) is 12.5 Å². The lowest BCUT2D eigenvalue weighted by molar-refractivity contribution is -0.145. The normalized spacial score (nSPS) is 11.7. The van der Waals surface area contributed by atoms with Gasteiger partial charge in [-0.05, 0) is 24.3 Å². The van der Waals surface area contributed by atoms with Crippen molar-refractivity contribution in [2.45, 2.75) is 19.5 Å². The highest BCUT2D eigenvalue weighted by molar-refractivity contribution is 5.84. The second-order valence-electron chi connectivity index (χ2n) is 4.63. The van der Waals surface area contributed by atoms with Gasteiger partial charge in [0.2, 0.25) is 5.91 Å². The monoisotopic (exact) mass is 285 g/mol. The van der Waals surface area contributed by atoms with Crippen LogP contribution in [0, 0.1) is 11.3 Å². The number of amides is 1. The van der Waals surface area contributed by atoms with E-state index >= 15 is 0 Å². The van der Waals surface area contributed by atoms with Gasteiger partial charge in [-0.1, -0.05) is 0 Å². The first-order valence-electron chi connectivity index (χ1n) is 6.39. The molecule has 0 saturated carbocycles. The number of esters is 1. The zero-order valence-electron chi connectivity index (χ0n) is 11.8. The van der Waals surface area contributed by atoms with Crippen molar-refractivity contribution in [3.8, 4) is 6.07 Å². The van der Waals surface area contributed by atoms with E-state index in [1.807, 2.05) is 22.9 Å². The van der Waals surface area contributed by atoms with Crippen molar-refractivity contribution in [3.05, 3.63) is 36.0 Å². The van der Waals surface area contributed by atoms with Crippen LogP contribution in [0.3, 0.4) is 0 Å². The smallest absolute Gasteiger partial charge is 0.330 e. The van der Waals surface area contributed by atoms with Crippen LogP contribution in [-0.2, 0) is 20.9 Å². The largest absolute Gasteiger partial charge is 0.467 e. The Morgan fingerprint density at radius 1 is 1.43 bits per heavy atom. The number of nitriles is 1. The molecule has 0 spiro atoms. The fourth-order valence-electron chi connectivity index (χ4n) is 2.19. The zero-order valence-corrected chi connectivity index (χ0v) is 11.8. The first-order chi connectivity index (χ1) is 10.0. The molecule has 1 aromatic carbocycles. The van der Waals surface area contributed by atoms with Crippen LogP contribution in [0.15, 0.2) is 30.5 Å². The van der Waals surface area contributed by atoms with E-state index in [1.54, 1.807) is 12.1 Å². The van der Waals surface area contributed by atoms with Crippen LogP contribution in [0.25, 0.3) is 10.9 Å². The molecular formula is C15H15N3O3. The average molecular weight is 285 g/mol. The Morgan fingerprint density at radius 2 is 2.19 bits per heavy atom. The summed E-state index contributed by atoms with van der Waals surface area (Å²) >= 11 is 0. The van der Waals surface area contributed by atoms with E-state index in [0.29, 0.717) is 5.56 Å². The van der Waals surface area contributed by atoms with Crippen molar-refractivity contribution in [3.63, 3.8) is 0 Å². The minimum Gasteiger partial charge on any atom is -0.467 e. The number of hydrogen-bond donors (Lipinski definition) is 1. The summed E-state index contributed by atoms with van der Waals surface area (Å²) in [5, 5.41) is 12.4. The van der Waals surface area contributed by atoms with Crippen LogP contribution in [0.5, 0.6) is 0 Å². The second kappa shape index (κ2) is 6.09. The second-order valence-corrected chi connectivity index (χ2v) is 4.63. The maximum absolute atomic E-state index is 11.7. The van der Waals surface area contributed by atoms with E-state index < -0.39 is 12.0 Å². The highest BCUT2D eigenvalue weighted by Gasteiger charge is 2.21. The molecule has 1 N–H and O–H groups in total. The van der Waals surface area contributed by atoms with Crippen molar-refractivity contribution in [1.82, 2.24) is 9.88 Å². The van der Waals surface area contributed by atoms with E-state index in [1.165, 1.54) is 14.0 Å². The highest BCUT2D eigenvalue weighted by atomic mass is 16.5. The van der Waals surface area contributed by atoms with Gasteiger partial charge in [-0.15, -0.1) is 0 Å². The molecule has 0 radical (unpaired) electrons. The van der Waals surface area contributed by atoms with Crippen molar-refractivity contribution in [1.29, 1.82) is 5.26 Å². The summed E-state index contributed by atoms with van der Waals surface area (Å²) in [5.41, 5.74) is 1.46. The van der Waals surface area contributed by atoms with Crippen LogP contribution in [0.4, 0.5) is 0 Å². The van der Waals surface area contributed by atoms with E-state index in [9.17, 15) is 9.59 Å². The van der Waals surface area contributed by atoms with Gasteiger partial charge in [0.25, 0.3) is 0 Å². The van der Waals surface area contributed by atoms with Gasteiger partial charge < -0.3 is 14.6 Å². The van der Waals surface area contributed by atoms with Crippen LogP contribution in [0.1, 0.15) is 12.5 Å². The summed E-state index contributed by atoms with van der Waals surface area (Å²) in [5.74, 6) is -0.797. The highest BCUT2D eigenvalue weighted by Crippen LogP contribution is 2.18. The summed E-state index contributed by atoms with van der Waals surface area (Å²) in [6, 6.07) is 8.49. The number of benzene rings is 1. The third-order valence-electron chi connectivity index (χ3n) is 3.14. The third kappa shape index (κ3) is 3.20.